The first-order valence-electron chi connectivity index (χ1n) is 51.9. The van der Waals surface area contributed by atoms with Crippen LogP contribution in [0.4, 0.5) is 0 Å². The molecular formula is C150H100. The van der Waals surface area contributed by atoms with Crippen LogP contribution in [0.1, 0.15) is 0 Å². The molecule has 0 fully saturated rings. The summed E-state index contributed by atoms with van der Waals surface area (Å²) in [6.07, 6.45) is 0. The maximum absolute atomic E-state index is 2.37. The molecule has 0 aromatic heterocycles. The van der Waals surface area contributed by atoms with Crippen molar-refractivity contribution < 1.29 is 0 Å². The van der Waals surface area contributed by atoms with Crippen LogP contribution >= 0.6 is 0 Å². The van der Waals surface area contributed by atoms with Crippen LogP contribution in [-0.2, 0) is 0 Å². The molecule has 28 rings (SSSR count). The molecule has 0 unspecified atom stereocenters. The number of hydrogen-bond acceptors (Lipinski definition) is 0. The zero-order valence-corrected chi connectivity index (χ0v) is 82.7. The molecule has 700 valence electrons. The molecule has 0 aliphatic carbocycles. The van der Waals surface area contributed by atoms with Gasteiger partial charge in [-0.3, -0.25) is 0 Å². The van der Waals surface area contributed by atoms with E-state index in [-0.39, 0.29) is 0 Å². The van der Waals surface area contributed by atoms with E-state index >= 15 is 0 Å². The summed E-state index contributed by atoms with van der Waals surface area (Å²) < 4.78 is 0. The molecule has 0 spiro atoms. The van der Waals surface area contributed by atoms with Crippen LogP contribution in [0.2, 0.25) is 0 Å². The summed E-state index contributed by atoms with van der Waals surface area (Å²) in [6.45, 7) is 0. The quantitative estimate of drug-likeness (QED) is 0.0846. The van der Waals surface area contributed by atoms with Gasteiger partial charge in [-0.05, 0) is 336 Å². The third-order valence-electron chi connectivity index (χ3n) is 30.1. The molecular weight excluding hydrogens is 1800 g/mol. The second-order valence-corrected chi connectivity index (χ2v) is 39.0. The first-order valence-corrected chi connectivity index (χ1v) is 51.9. The Labute approximate surface area is 875 Å². The van der Waals surface area contributed by atoms with E-state index in [4.69, 9.17) is 0 Å². The van der Waals surface area contributed by atoms with E-state index in [0.717, 1.165) is 0 Å². The van der Waals surface area contributed by atoms with Gasteiger partial charge < -0.3 is 0 Å². The van der Waals surface area contributed by atoms with Crippen LogP contribution in [0.15, 0.2) is 607 Å². The van der Waals surface area contributed by atoms with Crippen LogP contribution in [-0.4, -0.2) is 0 Å². The SMILES string of the molecule is c1ccc(-c2cc(-c3ccccc3)cc(-c3cccc(-c4ccc5cc(-c6c7ccccc7c(-c7ccccc7)c7ccccc67)ccc5c4)c3)c2)cc1.c1ccc(-c2ccc(-c3ccccc3-c3ccc4cc(-c5c6ccccc6c(-c6ccccc6)c6ccccc56)ccc4c3)cc2)cc1.c1ccc(-c2ccccc2-c2ccccc2-c2ccc3cc(-c4c5ccccc5c(-c5ccccc5)c5ccccc45)ccc3c2)cc1. The van der Waals surface area contributed by atoms with Gasteiger partial charge in [0.05, 0.1) is 0 Å². The Hall–Kier alpha value is -19.5. The van der Waals surface area contributed by atoms with E-state index in [1.54, 1.807) is 0 Å². The minimum atomic E-state index is 1.20. The largest absolute Gasteiger partial charge is 0.0622 e. The predicted molar refractivity (Wildman–Crippen MR) is 644 cm³/mol. The fraction of sp³-hybridized carbons (Fsp3) is 0. The molecule has 0 aliphatic heterocycles. The molecule has 0 heterocycles. The van der Waals surface area contributed by atoms with Gasteiger partial charge in [0.25, 0.3) is 0 Å². The highest BCUT2D eigenvalue weighted by molar-refractivity contribution is 6.25. The summed E-state index contributed by atoms with van der Waals surface area (Å²) >= 11 is 0. The Bertz CT molecular complexity index is 9720. The molecule has 0 saturated heterocycles. The first kappa shape index (κ1) is 90.5. The number of benzene rings is 28. The Morgan fingerprint density at radius 1 is 0.0667 bits per heavy atom. The van der Waals surface area contributed by atoms with Gasteiger partial charge in [-0.25, -0.2) is 0 Å². The normalized spacial score (nSPS) is 11.3. The minimum absolute atomic E-state index is 1.20. The molecule has 0 atom stereocenters. The smallest absolute Gasteiger partial charge is 0.00262 e. The highest BCUT2D eigenvalue weighted by Crippen LogP contribution is 2.51. The molecule has 0 heteroatoms. The van der Waals surface area contributed by atoms with Crippen molar-refractivity contribution in [1.82, 2.24) is 0 Å². The number of fused-ring (bicyclic) bond motifs is 9. The Morgan fingerprint density at radius 2 is 0.213 bits per heavy atom. The lowest BCUT2D eigenvalue weighted by atomic mass is 9.85. The maximum Gasteiger partial charge on any atom is -0.00262 e. The van der Waals surface area contributed by atoms with Crippen molar-refractivity contribution in [3.63, 3.8) is 0 Å². The van der Waals surface area contributed by atoms with Crippen molar-refractivity contribution in [3.05, 3.63) is 607 Å². The summed E-state index contributed by atoms with van der Waals surface area (Å²) in [4.78, 5) is 0. The lowest BCUT2D eigenvalue weighted by Crippen LogP contribution is -1.91. The molecule has 150 heavy (non-hydrogen) atoms. The van der Waals surface area contributed by atoms with Gasteiger partial charge in [0, 0.05) is 0 Å². The van der Waals surface area contributed by atoms with E-state index in [0.29, 0.717) is 0 Å². The van der Waals surface area contributed by atoms with Crippen molar-refractivity contribution >= 4 is 97.0 Å². The van der Waals surface area contributed by atoms with E-state index in [2.05, 4.69) is 607 Å². The van der Waals surface area contributed by atoms with Gasteiger partial charge in [0.15, 0.2) is 0 Å². The van der Waals surface area contributed by atoms with E-state index in [9.17, 15) is 0 Å². The number of rotatable bonds is 16. The van der Waals surface area contributed by atoms with Gasteiger partial charge in [-0.15, -0.1) is 0 Å². The molecule has 28 aromatic carbocycles. The van der Waals surface area contributed by atoms with E-state index < -0.39 is 0 Å². The van der Waals surface area contributed by atoms with Gasteiger partial charge in [0.1, 0.15) is 0 Å². The second kappa shape index (κ2) is 40.2. The van der Waals surface area contributed by atoms with Gasteiger partial charge in [0.2, 0.25) is 0 Å². The molecule has 0 N–H and O–H groups in total. The molecule has 0 amide bonds. The van der Waals surface area contributed by atoms with Crippen molar-refractivity contribution in [2.24, 2.45) is 0 Å². The first-order chi connectivity index (χ1) is 74.4. The molecule has 0 nitrogen and oxygen atoms in total. The monoisotopic (exact) mass is 1900 g/mol. The zero-order chi connectivity index (χ0) is 99.6. The summed E-state index contributed by atoms with van der Waals surface area (Å²) in [5.41, 5.74) is 39.7. The zero-order valence-electron chi connectivity index (χ0n) is 82.7. The van der Waals surface area contributed by atoms with Crippen LogP contribution < -0.4 is 0 Å². The third-order valence-corrected chi connectivity index (χ3v) is 30.1. The van der Waals surface area contributed by atoms with Crippen LogP contribution in [0.25, 0.3) is 275 Å². The van der Waals surface area contributed by atoms with E-state index in [1.165, 1.54) is 275 Å². The third kappa shape index (κ3) is 17.5. The van der Waals surface area contributed by atoms with Crippen molar-refractivity contribution in [3.8, 4) is 178 Å². The summed E-state index contributed by atoms with van der Waals surface area (Å²) in [7, 11) is 0. The highest BCUT2D eigenvalue weighted by atomic mass is 14.3. The van der Waals surface area contributed by atoms with Gasteiger partial charge in [-0.1, -0.05) is 546 Å². The predicted octanol–water partition coefficient (Wildman–Crippen LogP) is 42.1. The van der Waals surface area contributed by atoms with Gasteiger partial charge >= 0.3 is 0 Å². The van der Waals surface area contributed by atoms with Crippen LogP contribution in [0.5, 0.6) is 0 Å². The lowest BCUT2D eigenvalue weighted by Gasteiger charge is -2.18. The summed E-state index contributed by atoms with van der Waals surface area (Å²) in [5.74, 6) is 0. The van der Waals surface area contributed by atoms with Crippen molar-refractivity contribution in [1.29, 1.82) is 0 Å². The van der Waals surface area contributed by atoms with Crippen LogP contribution in [0, 0.1) is 0 Å². The standard InChI is InChI=1S/C54H36.2C48H32/c1-4-15-37(16-5-1)46-34-47(38-17-6-2-7-18-38)36-48(35-46)41-22-14-21-40(31-41)42-27-28-44-33-45(30-29-43(44)32-42)54-51-25-12-10-23-49(51)53(39-19-8-3-9-20-39)50-24-11-13-26-52(50)54;1-3-15-33(16-4-1)39-19-7-9-21-41(39)42-22-10-8-20-40(42)37-29-27-36-32-38(30-28-35(36)31-37)48-45-25-13-11-23-43(45)47(34-17-5-2-6-18-34)44-24-12-14-26-46(44)48;1-3-13-33(14-4-1)34-23-25-35(26-24-34)41-17-7-8-18-42(41)39-29-27-38-32-40(30-28-37(38)31-39)48-45-21-11-9-19-43(45)47(36-15-5-2-6-16-36)44-20-10-12-22-46(44)48/h1-36H;2*1-32H. The average Bonchev–Trinajstić information content (AvgIpc) is 0.737. The van der Waals surface area contributed by atoms with Gasteiger partial charge in [-0.2, -0.15) is 0 Å². The second-order valence-electron chi connectivity index (χ2n) is 39.0. The van der Waals surface area contributed by atoms with Crippen molar-refractivity contribution in [2.75, 3.05) is 0 Å². The minimum Gasteiger partial charge on any atom is -0.0622 e. The molecule has 0 saturated carbocycles. The summed E-state index contributed by atoms with van der Waals surface area (Å²) in [5, 5.41) is 22.7. The Kier molecular flexibility index (Phi) is 24.3. The molecule has 0 aliphatic rings. The Morgan fingerprint density at radius 3 is 0.513 bits per heavy atom. The van der Waals surface area contributed by atoms with Crippen molar-refractivity contribution in [2.45, 2.75) is 0 Å². The summed E-state index contributed by atoms with van der Waals surface area (Å²) in [6, 6.07) is 221. The molecule has 28 aromatic rings. The topological polar surface area (TPSA) is 0 Å². The highest BCUT2D eigenvalue weighted by Gasteiger charge is 2.24. The average molecular weight is 1900 g/mol. The fourth-order valence-electron chi connectivity index (χ4n) is 23.1. The Balaban J connectivity index is 0.000000114. The lowest BCUT2D eigenvalue weighted by molar-refractivity contribution is 1.56. The number of hydrogen-bond donors (Lipinski definition) is 0. The maximum atomic E-state index is 2.37. The molecule has 0 bridgehead atoms. The van der Waals surface area contributed by atoms with E-state index in [1.807, 2.05) is 0 Å². The fourth-order valence-corrected chi connectivity index (χ4v) is 23.1. The van der Waals surface area contributed by atoms with Crippen LogP contribution in [0.3, 0.4) is 0 Å². The molecule has 0 radical (unpaired) electrons.